The van der Waals surface area contributed by atoms with Gasteiger partial charge in [0.15, 0.2) is 6.61 Å². The highest BCUT2D eigenvalue weighted by molar-refractivity contribution is 5.69. The van der Waals surface area contributed by atoms with Crippen LogP contribution < -0.4 is 10.1 Å². The van der Waals surface area contributed by atoms with E-state index in [2.05, 4.69) is 10.1 Å². The molecule has 1 atom stereocenters. The number of halogens is 2. The van der Waals surface area contributed by atoms with E-state index in [-0.39, 0.29) is 12.2 Å². The van der Waals surface area contributed by atoms with E-state index in [4.69, 9.17) is 4.74 Å². The van der Waals surface area contributed by atoms with E-state index in [1.807, 2.05) is 30.3 Å². The fraction of sp³-hybridized carbons (Fsp3) is 0.235. The molecule has 1 fully saturated rings. The summed E-state index contributed by atoms with van der Waals surface area (Å²) in [5.74, 6) is -2.90. The number of ether oxygens (including phenoxy) is 2. The minimum atomic E-state index is -3.21. The van der Waals surface area contributed by atoms with E-state index in [0.29, 0.717) is 5.75 Å². The number of amides is 1. The highest BCUT2D eigenvalue weighted by atomic mass is 19.3. The molecule has 1 aliphatic heterocycles. The third-order valence-corrected chi connectivity index (χ3v) is 3.55. The predicted molar refractivity (Wildman–Crippen MR) is 79.4 cm³/mol. The molecule has 1 N–H and O–H groups in total. The van der Waals surface area contributed by atoms with E-state index in [1.54, 1.807) is 18.2 Å². The Morgan fingerprint density at radius 2 is 1.83 bits per heavy atom. The summed E-state index contributed by atoms with van der Waals surface area (Å²) in [6, 6.07) is 14.4. The van der Waals surface area contributed by atoms with Crippen LogP contribution in [-0.4, -0.2) is 18.6 Å². The zero-order valence-corrected chi connectivity index (χ0v) is 12.2. The summed E-state index contributed by atoms with van der Waals surface area (Å²) in [7, 11) is 0. The molecule has 2 aromatic rings. The van der Waals surface area contributed by atoms with Crippen molar-refractivity contribution >= 4 is 6.09 Å². The van der Waals surface area contributed by atoms with Gasteiger partial charge in [-0.05, 0) is 11.6 Å². The van der Waals surface area contributed by atoms with Crippen molar-refractivity contribution in [2.75, 3.05) is 6.61 Å². The smallest absolute Gasteiger partial charge is 0.408 e. The summed E-state index contributed by atoms with van der Waals surface area (Å²) in [5, 5.41) is 2.17. The number of para-hydroxylation sites is 1. The van der Waals surface area contributed by atoms with Crippen LogP contribution >= 0.6 is 0 Å². The molecule has 0 radical (unpaired) electrons. The van der Waals surface area contributed by atoms with E-state index in [1.165, 1.54) is 6.07 Å². The Hall–Kier alpha value is -2.63. The van der Waals surface area contributed by atoms with Crippen LogP contribution in [0.4, 0.5) is 13.6 Å². The standard InChI is InChI=1S/C17H15F2NO3/c18-17(19)11-23-16(21)20-15(17)13-8-4-5-9-14(13)22-10-12-6-2-1-3-7-12/h1-9,15H,10-11H2,(H,20,21)/t15-/m1/s1. The maximum atomic E-state index is 14.1. The van der Waals surface area contributed by atoms with Crippen LogP contribution in [0.15, 0.2) is 54.6 Å². The van der Waals surface area contributed by atoms with Crippen LogP contribution in [0, 0.1) is 0 Å². The maximum Gasteiger partial charge on any atom is 0.408 e. The molecule has 1 heterocycles. The van der Waals surface area contributed by atoms with Gasteiger partial charge in [0, 0.05) is 5.56 Å². The molecule has 0 aliphatic carbocycles. The molecule has 2 aromatic carbocycles. The van der Waals surface area contributed by atoms with Crippen LogP contribution in [0.3, 0.4) is 0 Å². The Balaban J connectivity index is 1.84. The van der Waals surface area contributed by atoms with E-state index in [9.17, 15) is 13.6 Å². The van der Waals surface area contributed by atoms with E-state index in [0.717, 1.165) is 5.56 Å². The van der Waals surface area contributed by atoms with Crippen molar-refractivity contribution < 1.29 is 23.0 Å². The largest absolute Gasteiger partial charge is 0.489 e. The van der Waals surface area contributed by atoms with E-state index < -0.39 is 24.7 Å². The maximum absolute atomic E-state index is 14.1. The zero-order valence-electron chi connectivity index (χ0n) is 12.2. The lowest BCUT2D eigenvalue weighted by atomic mass is 9.99. The number of carbonyl (C=O) groups is 1. The van der Waals surface area contributed by atoms with Crippen molar-refractivity contribution in [2.24, 2.45) is 0 Å². The molecule has 0 saturated carbocycles. The van der Waals surface area contributed by atoms with Gasteiger partial charge in [-0.25, -0.2) is 13.6 Å². The molecule has 4 nitrogen and oxygen atoms in total. The number of alkyl carbamates (subject to hydrolysis) is 1. The second-order valence-electron chi connectivity index (χ2n) is 5.23. The molecule has 1 amide bonds. The minimum Gasteiger partial charge on any atom is -0.489 e. The average Bonchev–Trinajstić information content (AvgIpc) is 2.56. The predicted octanol–water partition coefficient (Wildman–Crippen LogP) is 3.68. The van der Waals surface area contributed by atoms with Crippen molar-refractivity contribution in [3.05, 3.63) is 65.7 Å². The van der Waals surface area contributed by atoms with Gasteiger partial charge in [0.2, 0.25) is 0 Å². The summed E-state index contributed by atoms with van der Waals surface area (Å²) >= 11 is 0. The Morgan fingerprint density at radius 3 is 2.61 bits per heavy atom. The summed E-state index contributed by atoms with van der Waals surface area (Å²) in [4.78, 5) is 11.3. The van der Waals surface area contributed by atoms with E-state index >= 15 is 0 Å². The number of benzene rings is 2. The van der Waals surface area contributed by atoms with Crippen molar-refractivity contribution in [2.45, 2.75) is 18.6 Å². The quantitative estimate of drug-likeness (QED) is 0.935. The normalized spacial score (nSPS) is 19.6. The highest BCUT2D eigenvalue weighted by Crippen LogP contribution is 2.38. The van der Waals surface area contributed by atoms with Crippen LogP contribution in [0.1, 0.15) is 17.2 Å². The van der Waals surface area contributed by atoms with Gasteiger partial charge in [-0.2, -0.15) is 0 Å². The molecule has 23 heavy (non-hydrogen) atoms. The Labute approximate surface area is 132 Å². The SMILES string of the molecule is O=C1N[C@H](c2ccccc2OCc2ccccc2)C(F)(F)CO1. The van der Waals surface area contributed by atoms with Crippen LogP contribution in [-0.2, 0) is 11.3 Å². The number of cyclic esters (lactones) is 1. The lowest BCUT2D eigenvalue weighted by Crippen LogP contribution is -2.49. The van der Waals surface area contributed by atoms with Crippen molar-refractivity contribution in [3.63, 3.8) is 0 Å². The van der Waals surface area contributed by atoms with Gasteiger partial charge in [-0.1, -0.05) is 48.5 Å². The molecule has 0 bridgehead atoms. The Bertz CT molecular complexity index is 691. The lowest BCUT2D eigenvalue weighted by Gasteiger charge is -2.32. The number of hydrogen-bond donors (Lipinski definition) is 1. The van der Waals surface area contributed by atoms with Crippen molar-refractivity contribution in [1.82, 2.24) is 5.32 Å². The molecule has 6 heteroatoms. The molecule has 0 spiro atoms. The number of nitrogens with one attached hydrogen (secondary N) is 1. The molecular formula is C17H15F2NO3. The fourth-order valence-corrected chi connectivity index (χ4v) is 2.40. The van der Waals surface area contributed by atoms with Gasteiger partial charge >= 0.3 is 12.0 Å². The first-order valence-corrected chi connectivity index (χ1v) is 7.13. The van der Waals surface area contributed by atoms with Crippen molar-refractivity contribution in [1.29, 1.82) is 0 Å². The number of rotatable bonds is 4. The summed E-state index contributed by atoms with van der Waals surface area (Å²) in [6.45, 7) is -0.697. The third kappa shape index (κ3) is 3.41. The van der Waals surface area contributed by atoms with Crippen LogP contribution in [0.2, 0.25) is 0 Å². The number of hydrogen-bond acceptors (Lipinski definition) is 3. The average molecular weight is 319 g/mol. The molecular weight excluding hydrogens is 304 g/mol. The Kier molecular flexibility index (Phi) is 4.14. The topological polar surface area (TPSA) is 47.6 Å². The summed E-state index contributed by atoms with van der Waals surface area (Å²) in [5.41, 5.74) is 1.15. The third-order valence-electron chi connectivity index (χ3n) is 3.55. The molecule has 0 unspecified atom stereocenters. The van der Waals surface area contributed by atoms with Gasteiger partial charge in [-0.3, -0.25) is 0 Å². The Morgan fingerprint density at radius 1 is 1.13 bits per heavy atom. The lowest BCUT2D eigenvalue weighted by molar-refractivity contribution is -0.104. The highest BCUT2D eigenvalue weighted by Gasteiger charge is 2.47. The molecule has 120 valence electrons. The van der Waals surface area contributed by atoms with Gasteiger partial charge in [-0.15, -0.1) is 0 Å². The minimum absolute atomic E-state index is 0.227. The molecule has 1 saturated heterocycles. The first-order chi connectivity index (χ1) is 11.1. The molecule has 1 aliphatic rings. The molecule has 0 aromatic heterocycles. The van der Waals surface area contributed by atoms with Crippen LogP contribution in [0.5, 0.6) is 5.75 Å². The van der Waals surface area contributed by atoms with Gasteiger partial charge in [0.1, 0.15) is 18.4 Å². The second kappa shape index (κ2) is 6.24. The zero-order chi connectivity index (χ0) is 16.3. The fourth-order valence-electron chi connectivity index (χ4n) is 2.40. The van der Waals surface area contributed by atoms with Gasteiger partial charge in [0.05, 0.1) is 0 Å². The van der Waals surface area contributed by atoms with Gasteiger partial charge < -0.3 is 14.8 Å². The molecule has 3 rings (SSSR count). The summed E-state index contributed by atoms with van der Waals surface area (Å²) < 4.78 is 38.2. The first kappa shape index (κ1) is 15.3. The van der Waals surface area contributed by atoms with Crippen molar-refractivity contribution in [3.8, 4) is 5.75 Å². The monoisotopic (exact) mass is 319 g/mol. The first-order valence-electron chi connectivity index (χ1n) is 7.13. The summed E-state index contributed by atoms with van der Waals surface area (Å²) in [6.07, 6.45) is -0.862. The van der Waals surface area contributed by atoms with Crippen LogP contribution in [0.25, 0.3) is 0 Å². The number of alkyl halides is 2. The number of carbonyl (C=O) groups excluding carboxylic acids is 1. The van der Waals surface area contributed by atoms with Gasteiger partial charge in [0.25, 0.3) is 0 Å². The second-order valence-corrected chi connectivity index (χ2v) is 5.23.